The Morgan fingerprint density at radius 2 is 1.57 bits per heavy atom. The van der Waals surface area contributed by atoms with Crippen molar-refractivity contribution in [1.82, 2.24) is 19.6 Å². The molecule has 0 saturated heterocycles. The van der Waals surface area contributed by atoms with Crippen molar-refractivity contribution < 1.29 is 4.79 Å². The van der Waals surface area contributed by atoms with E-state index in [0.717, 1.165) is 22.8 Å². The van der Waals surface area contributed by atoms with Crippen LogP contribution in [0.1, 0.15) is 11.4 Å². The van der Waals surface area contributed by atoms with Crippen LogP contribution in [0.3, 0.4) is 0 Å². The van der Waals surface area contributed by atoms with E-state index in [0.29, 0.717) is 10.9 Å². The molecule has 0 bridgehead atoms. The van der Waals surface area contributed by atoms with E-state index < -0.39 is 0 Å². The molecule has 7 heteroatoms. The molecule has 0 unspecified atom stereocenters. The number of benzene rings is 2. The van der Waals surface area contributed by atoms with Gasteiger partial charge < -0.3 is 0 Å². The van der Waals surface area contributed by atoms with Gasteiger partial charge >= 0.3 is 0 Å². The molecular formula is C21H19N5OS. The third-order valence-electron chi connectivity index (χ3n) is 4.20. The number of anilines is 2. The number of fused-ring (bicyclic) bond motifs is 1. The number of aromatic nitrogens is 4. The Morgan fingerprint density at radius 1 is 0.964 bits per heavy atom. The van der Waals surface area contributed by atoms with Crippen LogP contribution in [0.15, 0.2) is 71.9 Å². The summed E-state index contributed by atoms with van der Waals surface area (Å²) < 4.78 is 1.70. The van der Waals surface area contributed by atoms with Gasteiger partial charge in [-0.1, -0.05) is 48.2 Å². The Balaban J connectivity index is 1.58. The molecule has 0 atom stereocenters. The average molecular weight is 389 g/mol. The van der Waals surface area contributed by atoms with Crippen LogP contribution in [0.4, 0.5) is 11.4 Å². The van der Waals surface area contributed by atoms with Crippen LogP contribution in [0.5, 0.6) is 0 Å². The van der Waals surface area contributed by atoms with Crippen molar-refractivity contribution in [3.8, 4) is 0 Å². The lowest BCUT2D eigenvalue weighted by atomic mass is 10.2. The van der Waals surface area contributed by atoms with Gasteiger partial charge in [-0.2, -0.15) is 4.98 Å². The standard InChI is InChI=1S/C21H19N5OS/c1-15-13-16(2)26-20(22-15)23-21(24-26)28-14-19(27)25(17-9-5-3-6-10-17)18-11-7-4-8-12-18/h3-13H,14H2,1-2H3. The van der Waals surface area contributed by atoms with Crippen molar-refractivity contribution >= 4 is 34.8 Å². The van der Waals surface area contributed by atoms with Crippen LogP contribution in [-0.4, -0.2) is 31.2 Å². The maximum absolute atomic E-state index is 13.1. The molecule has 28 heavy (non-hydrogen) atoms. The fourth-order valence-electron chi connectivity index (χ4n) is 2.99. The first-order chi connectivity index (χ1) is 13.6. The molecule has 0 aliphatic carbocycles. The molecule has 2 heterocycles. The summed E-state index contributed by atoms with van der Waals surface area (Å²) in [6.07, 6.45) is 0. The zero-order valence-electron chi connectivity index (χ0n) is 15.6. The molecule has 0 N–H and O–H groups in total. The highest BCUT2D eigenvalue weighted by Gasteiger charge is 2.19. The molecule has 140 valence electrons. The summed E-state index contributed by atoms with van der Waals surface area (Å²) in [5.74, 6) is 0.733. The van der Waals surface area contributed by atoms with Crippen molar-refractivity contribution in [2.24, 2.45) is 0 Å². The largest absolute Gasteiger partial charge is 0.280 e. The number of aryl methyl sites for hydroxylation is 2. The van der Waals surface area contributed by atoms with Crippen molar-refractivity contribution in [3.05, 3.63) is 78.1 Å². The summed E-state index contributed by atoms with van der Waals surface area (Å²) in [5, 5.41) is 5.00. The van der Waals surface area contributed by atoms with Crippen molar-refractivity contribution in [1.29, 1.82) is 0 Å². The molecule has 0 aliphatic heterocycles. The van der Waals surface area contributed by atoms with Gasteiger partial charge in [0.25, 0.3) is 5.78 Å². The molecule has 0 saturated carbocycles. The quantitative estimate of drug-likeness (QED) is 0.479. The van der Waals surface area contributed by atoms with Crippen LogP contribution in [0.25, 0.3) is 5.78 Å². The average Bonchev–Trinajstić information content (AvgIpc) is 3.11. The maximum Gasteiger partial charge on any atom is 0.253 e. The topological polar surface area (TPSA) is 63.4 Å². The van der Waals surface area contributed by atoms with Crippen LogP contribution >= 0.6 is 11.8 Å². The predicted octanol–water partition coefficient (Wildman–Crippen LogP) is 4.20. The number of para-hydroxylation sites is 2. The Hall–Kier alpha value is -3.19. The van der Waals surface area contributed by atoms with Crippen LogP contribution < -0.4 is 4.90 Å². The van der Waals surface area contributed by atoms with Gasteiger partial charge in [-0.3, -0.25) is 9.69 Å². The van der Waals surface area contributed by atoms with E-state index in [1.807, 2.05) is 80.6 Å². The lowest BCUT2D eigenvalue weighted by Gasteiger charge is -2.22. The van der Waals surface area contributed by atoms with Crippen LogP contribution in [0.2, 0.25) is 0 Å². The summed E-state index contributed by atoms with van der Waals surface area (Å²) in [6.45, 7) is 3.89. The highest BCUT2D eigenvalue weighted by molar-refractivity contribution is 7.99. The number of hydrogen-bond donors (Lipinski definition) is 0. The highest BCUT2D eigenvalue weighted by Crippen LogP contribution is 2.27. The van der Waals surface area contributed by atoms with Crippen LogP contribution in [0, 0.1) is 13.8 Å². The van der Waals surface area contributed by atoms with Crippen molar-refractivity contribution in [2.45, 2.75) is 19.0 Å². The SMILES string of the molecule is Cc1cc(C)n2nc(SCC(=O)N(c3ccccc3)c3ccccc3)nc2n1. The summed E-state index contributed by atoms with van der Waals surface area (Å²) in [4.78, 5) is 23.6. The first-order valence-corrected chi connectivity index (χ1v) is 9.87. The molecule has 0 fully saturated rings. The van der Waals surface area contributed by atoms with Gasteiger partial charge in [-0.15, -0.1) is 5.10 Å². The fourth-order valence-corrected chi connectivity index (χ4v) is 3.66. The number of amides is 1. The van der Waals surface area contributed by atoms with E-state index in [-0.39, 0.29) is 11.7 Å². The van der Waals surface area contributed by atoms with Gasteiger partial charge in [-0.25, -0.2) is 9.50 Å². The molecule has 0 aliphatic rings. The lowest BCUT2D eigenvalue weighted by Crippen LogP contribution is -2.27. The Morgan fingerprint density at radius 3 is 2.18 bits per heavy atom. The van der Waals surface area contributed by atoms with Gasteiger partial charge in [0.15, 0.2) is 0 Å². The number of rotatable bonds is 5. The number of carbonyl (C=O) groups is 1. The fraction of sp³-hybridized carbons (Fsp3) is 0.143. The molecule has 1 amide bonds. The molecule has 2 aromatic heterocycles. The zero-order valence-corrected chi connectivity index (χ0v) is 16.4. The molecular weight excluding hydrogens is 370 g/mol. The second-order valence-electron chi connectivity index (χ2n) is 6.33. The van der Waals surface area contributed by atoms with Gasteiger partial charge in [0, 0.05) is 22.8 Å². The Labute approximate surface area is 167 Å². The van der Waals surface area contributed by atoms with Crippen molar-refractivity contribution in [3.63, 3.8) is 0 Å². The van der Waals surface area contributed by atoms with Gasteiger partial charge in [0.05, 0.1) is 5.75 Å². The minimum atomic E-state index is -0.0397. The molecule has 4 rings (SSSR count). The number of carbonyl (C=O) groups excluding carboxylic acids is 1. The monoisotopic (exact) mass is 389 g/mol. The van der Waals surface area contributed by atoms with Gasteiger partial charge in [-0.05, 0) is 44.2 Å². The van der Waals surface area contributed by atoms with E-state index in [2.05, 4.69) is 15.1 Å². The second-order valence-corrected chi connectivity index (χ2v) is 7.28. The molecule has 0 radical (unpaired) electrons. The maximum atomic E-state index is 13.1. The number of thioether (sulfide) groups is 1. The van der Waals surface area contributed by atoms with Gasteiger partial charge in [0.2, 0.25) is 11.1 Å². The minimum absolute atomic E-state index is 0.0397. The third-order valence-corrected chi connectivity index (χ3v) is 5.02. The van der Waals surface area contributed by atoms with E-state index >= 15 is 0 Å². The molecule has 4 aromatic rings. The summed E-state index contributed by atoms with van der Waals surface area (Å²) >= 11 is 1.31. The second kappa shape index (κ2) is 7.82. The van der Waals surface area contributed by atoms with E-state index in [4.69, 9.17) is 0 Å². The lowest BCUT2D eigenvalue weighted by molar-refractivity contribution is -0.115. The molecule has 6 nitrogen and oxygen atoms in total. The van der Waals surface area contributed by atoms with E-state index in [1.165, 1.54) is 11.8 Å². The first-order valence-electron chi connectivity index (χ1n) is 8.89. The van der Waals surface area contributed by atoms with Gasteiger partial charge in [0.1, 0.15) is 0 Å². The van der Waals surface area contributed by atoms with E-state index in [9.17, 15) is 4.79 Å². The molecule has 2 aromatic carbocycles. The highest BCUT2D eigenvalue weighted by atomic mass is 32.2. The van der Waals surface area contributed by atoms with E-state index in [1.54, 1.807) is 9.42 Å². The first kappa shape index (κ1) is 18.2. The summed E-state index contributed by atoms with van der Waals surface area (Å²) in [5.41, 5.74) is 3.51. The minimum Gasteiger partial charge on any atom is -0.280 e. The Kier molecular flexibility index (Phi) is 5.08. The van der Waals surface area contributed by atoms with Crippen LogP contribution in [-0.2, 0) is 4.79 Å². The van der Waals surface area contributed by atoms with Crippen molar-refractivity contribution in [2.75, 3.05) is 10.7 Å². The summed E-state index contributed by atoms with van der Waals surface area (Å²) in [7, 11) is 0. The normalized spacial score (nSPS) is 10.9. The number of hydrogen-bond acceptors (Lipinski definition) is 5. The Bertz CT molecular complexity index is 1070. The smallest absolute Gasteiger partial charge is 0.253 e. The third kappa shape index (κ3) is 3.75. The zero-order chi connectivity index (χ0) is 19.5. The number of nitrogens with zero attached hydrogens (tertiary/aromatic N) is 5. The summed E-state index contributed by atoms with van der Waals surface area (Å²) in [6, 6.07) is 21.2. The predicted molar refractivity (Wildman–Crippen MR) is 111 cm³/mol. The molecule has 0 spiro atoms.